The largest absolute Gasteiger partial charge is 0.383 e. The lowest BCUT2D eigenvalue weighted by molar-refractivity contribution is 1.40. The van der Waals surface area contributed by atoms with Crippen molar-refractivity contribution >= 4 is 33.2 Å². The summed E-state index contributed by atoms with van der Waals surface area (Å²) in [5.74, 6) is 0.514. The number of fused-ring (bicyclic) bond motifs is 3. The molecule has 0 bridgehead atoms. The molecule has 0 heterocycles. The van der Waals surface area contributed by atoms with Crippen molar-refractivity contribution in [3.05, 3.63) is 96.1 Å². The maximum Gasteiger partial charge on any atom is 0.154 e. The molecular formula is C22H17N3. The number of rotatable bonds is 2. The number of aliphatic imine (C=N–C) groups is 1. The molecule has 25 heavy (non-hydrogen) atoms. The van der Waals surface area contributed by atoms with E-state index in [1.807, 2.05) is 60.7 Å². The summed E-state index contributed by atoms with van der Waals surface area (Å²) in [6.07, 6.45) is 0. The van der Waals surface area contributed by atoms with E-state index in [9.17, 15) is 0 Å². The van der Waals surface area contributed by atoms with Gasteiger partial charge in [-0.3, -0.25) is 5.41 Å². The Bertz CT molecular complexity index is 1110. The molecular weight excluding hydrogens is 306 g/mol. The van der Waals surface area contributed by atoms with Crippen LogP contribution in [0.3, 0.4) is 0 Å². The monoisotopic (exact) mass is 323 g/mol. The lowest BCUT2D eigenvalue weighted by Gasteiger charge is -2.07. The van der Waals surface area contributed by atoms with Crippen LogP contribution in [0.2, 0.25) is 0 Å². The van der Waals surface area contributed by atoms with Gasteiger partial charge in [-0.15, -0.1) is 0 Å². The molecule has 3 heteroatoms. The summed E-state index contributed by atoms with van der Waals surface area (Å²) in [6, 6.07) is 28.0. The minimum atomic E-state index is 0.163. The highest BCUT2D eigenvalue weighted by molar-refractivity contribution is 6.13. The van der Waals surface area contributed by atoms with Crippen LogP contribution < -0.4 is 5.73 Å². The molecule has 4 aromatic carbocycles. The van der Waals surface area contributed by atoms with Crippen molar-refractivity contribution in [1.82, 2.24) is 0 Å². The van der Waals surface area contributed by atoms with Crippen molar-refractivity contribution in [1.29, 1.82) is 5.41 Å². The number of hydrogen-bond acceptors (Lipinski definition) is 1. The smallest absolute Gasteiger partial charge is 0.154 e. The Morgan fingerprint density at radius 2 is 1.32 bits per heavy atom. The van der Waals surface area contributed by atoms with Crippen LogP contribution in [0, 0.1) is 5.41 Å². The molecule has 3 nitrogen and oxygen atoms in total. The second kappa shape index (κ2) is 6.21. The summed E-state index contributed by atoms with van der Waals surface area (Å²) in [5.41, 5.74) is 7.62. The molecule has 3 N–H and O–H groups in total. The predicted octanol–water partition coefficient (Wildman–Crippen LogP) is 4.72. The Labute approximate surface area is 146 Å². The van der Waals surface area contributed by atoms with E-state index in [1.165, 1.54) is 10.8 Å². The highest BCUT2D eigenvalue weighted by Gasteiger charge is 2.06. The van der Waals surface area contributed by atoms with Crippen molar-refractivity contribution in [3.63, 3.8) is 0 Å². The molecule has 0 fully saturated rings. The fourth-order valence-electron chi connectivity index (χ4n) is 3.01. The summed E-state index contributed by atoms with van der Waals surface area (Å²) >= 11 is 0. The molecule has 0 unspecified atom stereocenters. The molecule has 0 saturated carbocycles. The van der Waals surface area contributed by atoms with Crippen molar-refractivity contribution < 1.29 is 0 Å². The number of nitrogens with two attached hydrogens (primary N) is 1. The van der Waals surface area contributed by atoms with Gasteiger partial charge in [-0.25, -0.2) is 4.99 Å². The lowest BCUT2D eigenvalue weighted by Crippen LogP contribution is -2.15. The molecule has 0 aliphatic carbocycles. The molecule has 120 valence electrons. The van der Waals surface area contributed by atoms with Crippen molar-refractivity contribution in [2.24, 2.45) is 10.7 Å². The SMILES string of the molecule is N=C(N=C(N)c1ccccc1)c1ccc2ccc3ccccc3c2c1. The van der Waals surface area contributed by atoms with E-state index < -0.39 is 0 Å². The third-order valence-corrected chi connectivity index (χ3v) is 4.32. The number of nitrogens with zero attached hydrogens (tertiary/aromatic N) is 1. The van der Waals surface area contributed by atoms with Crippen LogP contribution in [0.5, 0.6) is 0 Å². The summed E-state index contributed by atoms with van der Waals surface area (Å²) in [7, 11) is 0. The summed E-state index contributed by atoms with van der Waals surface area (Å²) in [6.45, 7) is 0. The Hall–Kier alpha value is -3.46. The van der Waals surface area contributed by atoms with E-state index in [0.717, 1.165) is 21.9 Å². The highest BCUT2D eigenvalue weighted by atomic mass is 14.9. The molecule has 0 atom stereocenters. The van der Waals surface area contributed by atoms with Gasteiger partial charge in [0.05, 0.1) is 0 Å². The van der Waals surface area contributed by atoms with Gasteiger partial charge in [-0.1, -0.05) is 78.9 Å². The maximum absolute atomic E-state index is 8.33. The minimum absolute atomic E-state index is 0.163. The van der Waals surface area contributed by atoms with E-state index in [0.29, 0.717) is 5.84 Å². The topological polar surface area (TPSA) is 62.2 Å². The fourth-order valence-corrected chi connectivity index (χ4v) is 3.01. The Morgan fingerprint density at radius 1 is 0.680 bits per heavy atom. The first-order valence-electron chi connectivity index (χ1n) is 8.12. The molecule has 0 aliphatic rings. The molecule has 0 aliphatic heterocycles. The molecule has 0 saturated heterocycles. The van der Waals surface area contributed by atoms with Gasteiger partial charge in [0.15, 0.2) is 5.84 Å². The number of benzene rings is 4. The second-order valence-corrected chi connectivity index (χ2v) is 5.93. The van der Waals surface area contributed by atoms with Crippen LogP contribution >= 0.6 is 0 Å². The summed E-state index contributed by atoms with van der Waals surface area (Å²) < 4.78 is 0. The summed E-state index contributed by atoms with van der Waals surface area (Å²) in [4.78, 5) is 4.28. The molecule has 4 rings (SSSR count). The minimum Gasteiger partial charge on any atom is -0.383 e. The fraction of sp³-hybridized carbons (Fsp3) is 0. The average Bonchev–Trinajstić information content (AvgIpc) is 2.68. The van der Waals surface area contributed by atoms with Crippen LogP contribution in [-0.4, -0.2) is 11.7 Å². The van der Waals surface area contributed by atoms with Gasteiger partial charge in [0.2, 0.25) is 0 Å². The van der Waals surface area contributed by atoms with Crippen LogP contribution in [0.4, 0.5) is 0 Å². The van der Waals surface area contributed by atoms with Crippen molar-refractivity contribution in [2.45, 2.75) is 0 Å². The molecule has 0 amide bonds. The molecule has 4 aromatic rings. The van der Waals surface area contributed by atoms with Crippen LogP contribution in [-0.2, 0) is 0 Å². The quantitative estimate of drug-likeness (QED) is 0.313. The zero-order valence-corrected chi connectivity index (χ0v) is 13.6. The van der Waals surface area contributed by atoms with E-state index in [-0.39, 0.29) is 5.84 Å². The van der Waals surface area contributed by atoms with Gasteiger partial charge in [0.25, 0.3) is 0 Å². The first-order chi connectivity index (χ1) is 12.2. The molecule has 0 radical (unpaired) electrons. The molecule has 0 spiro atoms. The van der Waals surface area contributed by atoms with E-state index in [2.05, 4.69) is 29.3 Å². The van der Waals surface area contributed by atoms with Gasteiger partial charge in [-0.05, 0) is 27.6 Å². The van der Waals surface area contributed by atoms with Crippen molar-refractivity contribution in [2.75, 3.05) is 0 Å². The number of hydrogen-bond donors (Lipinski definition) is 2. The lowest BCUT2D eigenvalue weighted by atomic mass is 10.00. The first kappa shape index (κ1) is 15.1. The maximum atomic E-state index is 8.33. The Balaban J connectivity index is 1.79. The average molecular weight is 323 g/mol. The van der Waals surface area contributed by atoms with Crippen LogP contribution in [0.15, 0.2) is 89.9 Å². The van der Waals surface area contributed by atoms with Gasteiger partial charge >= 0.3 is 0 Å². The predicted molar refractivity (Wildman–Crippen MR) is 105 cm³/mol. The zero-order valence-electron chi connectivity index (χ0n) is 13.6. The number of nitrogens with one attached hydrogen (secondary N) is 1. The third-order valence-electron chi connectivity index (χ3n) is 4.32. The van der Waals surface area contributed by atoms with Crippen LogP contribution in [0.1, 0.15) is 11.1 Å². The third kappa shape index (κ3) is 2.88. The second-order valence-electron chi connectivity index (χ2n) is 5.93. The van der Waals surface area contributed by atoms with Gasteiger partial charge in [0, 0.05) is 11.1 Å². The number of amidine groups is 2. The van der Waals surface area contributed by atoms with Gasteiger partial charge < -0.3 is 5.73 Å². The first-order valence-corrected chi connectivity index (χ1v) is 8.12. The van der Waals surface area contributed by atoms with Crippen LogP contribution in [0.25, 0.3) is 21.5 Å². The zero-order chi connectivity index (χ0) is 17.2. The van der Waals surface area contributed by atoms with E-state index in [1.54, 1.807) is 0 Å². The van der Waals surface area contributed by atoms with Gasteiger partial charge in [-0.2, -0.15) is 0 Å². The normalized spacial score (nSPS) is 11.8. The highest BCUT2D eigenvalue weighted by Crippen LogP contribution is 2.26. The summed E-state index contributed by atoms with van der Waals surface area (Å²) in [5, 5.41) is 13.0. The van der Waals surface area contributed by atoms with E-state index >= 15 is 0 Å². The molecule has 0 aromatic heterocycles. The Kier molecular flexibility index (Phi) is 3.75. The van der Waals surface area contributed by atoms with Gasteiger partial charge in [0.1, 0.15) is 5.84 Å². The van der Waals surface area contributed by atoms with E-state index in [4.69, 9.17) is 11.1 Å². The van der Waals surface area contributed by atoms with Crippen molar-refractivity contribution in [3.8, 4) is 0 Å². The standard InChI is InChI=1S/C22H17N3/c23-21(17-7-2-1-3-8-17)25-22(24)18-13-12-16-11-10-15-6-4-5-9-19(15)20(16)14-18/h1-14H,(H3,23,24,25). The Morgan fingerprint density at radius 3 is 2.12 bits per heavy atom.